The molecule has 0 unspecified atom stereocenters. The first-order chi connectivity index (χ1) is 12.6. The first-order valence-corrected chi connectivity index (χ1v) is 9.31. The van der Waals surface area contributed by atoms with Gasteiger partial charge >= 0.3 is 17.4 Å². The van der Waals surface area contributed by atoms with Crippen molar-refractivity contribution in [2.24, 2.45) is 0 Å². The van der Waals surface area contributed by atoms with Crippen molar-refractivity contribution in [1.82, 2.24) is 0 Å². The summed E-state index contributed by atoms with van der Waals surface area (Å²) in [7, 11) is 1.19. The molecule has 1 saturated carbocycles. The molecule has 0 heterocycles. The molecule has 27 heavy (non-hydrogen) atoms. The molecule has 0 aromatic heterocycles. The minimum absolute atomic E-state index is 0.0149. The molecule has 1 fully saturated rings. The van der Waals surface area contributed by atoms with Crippen molar-refractivity contribution in [2.45, 2.75) is 55.5 Å². The highest BCUT2D eigenvalue weighted by molar-refractivity contribution is 8.00. The topological polar surface area (TPSA) is 52.6 Å². The molecule has 2 rings (SSSR count). The van der Waals surface area contributed by atoms with Crippen LogP contribution in [0.4, 0.5) is 13.2 Å². The maximum atomic E-state index is 12.4. The van der Waals surface area contributed by atoms with E-state index in [4.69, 9.17) is 4.74 Å². The Morgan fingerprint density at radius 3 is 2.15 bits per heavy atom. The van der Waals surface area contributed by atoms with Gasteiger partial charge in [0.25, 0.3) is 0 Å². The van der Waals surface area contributed by atoms with Crippen LogP contribution in [0, 0.1) is 0 Å². The van der Waals surface area contributed by atoms with E-state index in [1.807, 2.05) is 13.8 Å². The molecule has 150 valence electrons. The lowest BCUT2D eigenvalue weighted by atomic mass is 9.75. The van der Waals surface area contributed by atoms with Gasteiger partial charge in [0, 0.05) is 10.5 Å². The molecule has 0 radical (unpaired) electrons. The second kappa shape index (κ2) is 9.82. The number of alkyl halides is 3. The van der Waals surface area contributed by atoms with Crippen LogP contribution in [0.3, 0.4) is 0 Å². The van der Waals surface area contributed by atoms with E-state index >= 15 is 0 Å². The van der Waals surface area contributed by atoms with Crippen LogP contribution in [-0.4, -0.2) is 24.6 Å². The summed E-state index contributed by atoms with van der Waals surface area (Å²) in [6.07, 6.45) is 1.70. The fraction of sp³-hybridized carbons (Fsp3) is 0.474. The van der Waals surface area contributed by atoms with Crippen LogP contribution >= 0.6 is 11.8 Å². The van der Waals surface area contributed by atoms with Crippen molar-refractivity contribution in [3.05, 3.63) is 42.0 Å². The summed E-state index contributed by atoms with van der Waals surface area (Å²) >= 11 is -0.197. The summed E-state index contributed by atoms with van der Waals surface area (Å²) in [4.78, 5) is 23.4. The second-order valence-electron chi connectivity index (χ2n) is 5.67. The van der Waals surface area contributed by atoms with Gasteiger partial charge in [-0.1, -0.05) is 32.6 Å². The van der Waals surface area contributed by atoms with E-state index in [0.717, 1.165) is 6.42 Å². The third-order valence-corrected chi connectivity index (χ3v) is 4.66. The lowest BCUT2D eigenvalue weighted by Gasteiger charge is -2.41. The molecule has 0 atom stereocenters. The molecule has 0 N–H and O–H groups in total. The maximum absolute atomic E-state index is 12.4. The summed E-state index contributed by atoms with van der Waals surface area (Å²) in [6, 6.07) is 5.79. The number of hydrogen-bond donors (Lipinski definition) is 0. The van der Waals surface area contributed by atoms with Gasteiger partial charge in [0.15, 0.2) is 0 Å². The van der Waals surface area contributed by atoms with E-state index in [0.29, 0.717) is 18.4 Å². The van der Waals surface area contributed by atoms with Gasteiger partial charge in [-0.3, -0.25) is 4.79 Å². The zero-order chi connectivity index (χ0) is 20.7. The largest absolute Gasteiger partial charge is 0.466 e. The summed E-state index contributed by atoms with van der Waals surface area (Å²) in [5.41, 5.74) is -4.58. The van der Waals surface area contributed by atoms with Crippen LogP contribution < -0.4 is 0 Å². The van der Waals surface area contributed by atoms with Crippen LogP contribution in [0.1, 0.15) is 45.1 Å². The Hall–Kier alpha value is -1.96. The van der Waals surface area contributed by atoms with E-state index in [2.05, 4.69) is 11.3 Å². The molecule has 0 bridgehead atoms. The van der Waals surface area contributed by atoms with E-state index < -0.39 is 23.0 Å². The minimum atomic E-state index is -4.35. The highest BCUT2D eigenvalue weighted by Gasteiger charge is 2.43. The predicted molar refractivity (Wildman–Crippen MR) is 97.1 cm³/mol. The predicted octanol–water partition coefficient (Wildman–Crippen LogP) is 5.37. The van der Waals surface area contributed by atoms with Crippen molar-refractivity contribution in [2.75, 3.05) is 7.11 Å². The van der Waals surface area contributed by atoms with Crippen LogP contribution in [0.2, 0.25) is 0 Å². The molecule has 0 spiro atoms. The van der Waals surface area contributed by atoms with E-state index in [1.54, 1.807) is 0 Å². The molecule has 8 heteroatoms. The van der Waals surface area contributed by atoms with Crippen molar-refractivity contribution < 1.29 is 32.2 Å². The Morgan fingerprint density at radius 2 is 1.74 bits per heavy atom. The number of carbonyl (C=O) groups excluding carboxylic acids is 2. The number of esters is 2. The van der Waals surface area contributed by atoms with Crippen LogP contribution in [0.15, 0.2) is 41.3 Å². The van der Waals surface area contributed by atoms with Gasteiger partial charge in [-0.15, -0.1) is 0 Å². The number of benzene rings is 1. The first-order valence-electron chi connectivity index (χ1n) is 8.49. The smallest absolute Gasteiger partial charge is 0.446 e. The van der Waals surface area contributed by atoms with Crippen LogP contribution in [-0.2, 0) is 24.7 Å². The molecule has 1 aliphatic carbocycles. The highest BCUT2D eigenvalue weighted by Crippen LogP contribution is 2.46. The molecule has 0 saturated heterocycles. The molecular weight excluding hydrogens is 381 g/mol. The lowest BCUT2D eigenvalue weighted by Crippen LogP contribution is -2.39. The number of methoxy groups -OCH3 is 1. The minimum Gasteiger partial charge on any atom is -0.466 e. The molecule has 0 amide bonds. The van der Waals surface area contributed by atoms with Crippen molar-refractivity contribution in [3.63, 3.8) is 0 Å². The monoisotopic (exact) mass is 404 g/mol. The zero-order valence-corrected chi connectivity index (χ0v) is 16.3. The maximum Gasteiger partial charge on any atom is 0.446 e. The summed E-state index contributed by atoms with van der Waals surface area (Å²) in [5.74, 6) is -1.31. The molecule has 1 aliphatic rings. The third kappa shape index (κ3) is 6.61. The van der Waals surface area contributed by atoms with Gasteiger partial charge in [-0.05, 0) is 48.7 Å². The molecular formula is C19H23F3O4S. The number of hydrogen-bond acceptors (Lipinski definition) is 5. The third-order valence-electron chi connectivity index (χ3n) is 3.92. The zero-order valence-electron chi connectivity index (χ0n) is 15.5. The Bertz CT molecular complexity index is 665. The van der Waals surface area contributed by atoms with Crippen LogP contribution in [0.5, 0.6) is 0 Å². The van der Waals surface area contributed by atoms with E-state index in [-0.39, 0.29) is 28.7 Å². The van der Waals surface area contributed by atoms with E-state index in [1.165, 1.54) is 31.4 Å². The summed E-state index contributed by atoms with van der Waals surface area (Å²) < 4.78 is 47.2. The first kappa shape index (κ1) is 23.1. The number of carbonyl (C=O) groups is 2. The molecule has 1 aromatic rings. The summed E-state index contributed by atoms with van der Waals surface area (Å²) in [5, 5.41) is 0. The lowest BCUT2D eigenvalue weighted by molar-refractivity contribution is -0.171. The number of halogens is 3. The van der Waals surface area contributed by atoms with Crippen molar-refractivity contribution >= 4 is 23.7 Å². The van der Waals surface area contributed by atoms with Crippen LogP contribution in [0.25, 0.3) is 0 Å². The number of rotatable bonds is 6. The summed E-state index contributed by atoms with van der Waals surface area (Å²) in [6.45, 7) is 7.47. The van der Waals surface area contributed by atoms with Gasteiger partial charge < -0.3 is 9.47 Å². The van der Waals surface area contributed by atoms with Gasteiger partial charge in [-0.25, -0.2) is 4.79 Å². The Kier molecular flexibility index (Phi) is 8.40. The normalized spacial score (nSPS) is 14.9. The molecule has 0 aliphatic heterocycles. The van der Waals surface area contributed by atoms with Crippen molar-refractivity contribution in [3.8, 4) is 0 Å². The van der Waals surface area contributed by atoms with Gasteiger partial charge in [0.05, 0.1) is 13.5 Å². The fourth-order valence-corrected chi connectivity index (χ4v) is 3.09. The Labute approximate surface area is 161 Å². The Morgan fingerprint density at radius 1 is 1.19 bits per heavy atom. The van der Waals surface area contributed by atoms with Gasteiger partial charge in [0.1, 0.15) is 5.60 Å². The highest BCUT2D eigenvalue weighted by atomic mass is 32.2. The molecule has 4 nitrogen and oxygen atoms in total. The van der Waals surface area contributed by atoms with Crippen molar-refractivity contribution in [1.29, 1.82) is 0 Å². The number of thioether (sulfide) groups is 1. The fourth-order valence-electron chi connectivity index (χ4n) is 2.55. The standard InChI is InChI=1S/C17H17F3O4S.C2H6/c1-11(15(22)23-2)10-14(21)24-16(8-3-9-16)12-4-6-13(7-5-12)25-17(18,19)20;1-2/h4-7H,1,3,8-10H2,2H3;1-2H3. The van der Waals surface area contributed by atoms with Gasteiger partial charge in [0.2, 0.25) is 0 Å². The molecule has 1 aromatic carbocycles. The van der Waals surface area contributed by atoms with Gasteiger partial charge in [-0.2, -0.15) is 13.2 Å². The Balaban J connectivity index is 0.00000176. The quantitative estimate of drug-likeness (QED) is 0.363. The average Bonchev–Trinajstić information content (AvgIpc) is 2.58. The SMILES string of the molecule is C=C(CC(=O)OC1(c2ccc(SC(F)(F)F)cc2)CCC1)C(=O)OC.CC. The average molecular weight is 404 g/mol. The van der Waals surface area contributed by atoms with E-state index in [9.17, 15) is 22.8 Å². The second-order valence-corrected chi connectivity index (χ2v) is 6.80. The number of ether oxygens (including phenoxy) is 2.